The molecule has 2 bridgehead atoms. The summed E-state index contributed by atoms with van der Waals surface area (Å²) in [6.45, 7) is 8.98. The van der Waals surface area contributed by atoms with Gasteiger partial charge in [-0.05, 0) is 45.8 Å². The molecule has 6 rings (SSSR count). The average molecular weight is 725 g/mol. The zero-order chi connectivity index (χ0) is 30.5. The molecule has 2 aliphatic rings. The fourth-order valence-corrected chi connectivity index (χ4v) is 9.70. The Kier molecular flexibility index (Phi) is 13.5. The molecule has 0 unspecified atom stereocenters. The van der Waals surface area contributed by atoms with Gasteiger partial charge in [0.2, 0.25) is 0 Å². The van der Waals surface area contributed by atoms with Gasteiger partial charge in [-0.1, -0.05) is 0 Å². The van der Waals surface area contributed by atoms with Crippen molar-refractivity contribution in [3.63, 3.8) is 0 Å². The summed E-state index contributed by atoms with van der Waals surface area (Å²) in [6.07, 6.45) is 0. The maximum atomic E-state index is 6.34. The molecule has 0 fully saturated rings. The van der Waals surface area contributed by atoms with E-state index in [-0.39, 0.29) is 0 Å². The van der Waals surface area contributed by atoms with Crippen molar-refractivity contribution in [3.8, 4) is 23.0 Å². The van der Waals surface area contributed by atoms with Crippen molar-refractivity contribution < 1.29 is 23.7 Å². The lowest BCUT2D eigenvalue weighted by molar-refractivity contribution is 0.0758. The van der Waals surface area contributed by atoms with Gasteiger partial charge in [-0.3, -0.25) is 9.80 Å². The van der Waals surface area contributed by atoms with Crippen LogP contribution in [-0.2, 0) is 30.9 Å². The highest BCUT2D eigenvalue weighted by atomic mass is 32.2. The first-order valence-electron chi connectivity index (χ1n) is 15.3. The zero-order valence-corrected chi connectivity index (χ0v) is 30.2. The van der Waals surface area contributed by atoms with Crippen molar-refractivity contribution in [2.75, 3.05) is 75.7 Å². The van der Waals surface area contributed by atoms with E-state index in [2.05, 4.69) is 55.6 Å². The minimum Gasteiger partial charge on any atom is -0.492 e. The molecule has 6 heterocycles. The Hall–Kier alpha value is -1.42. The third-order valence-corrected chi connectivity index (χ3v) is 12.7. The number of ether oxygens (including phenoxy) is 5. The summed E-state index contributed by atoms with van der Waals surface area (Å²) in [4.78, 5) is 9.97. The standard InChI is InChI=1S/C32H40N2O5S6/c1-13-42-29-21-33-5-7-35-8-6-34(23-31-27(3-15-44-31)37-10-18-40-17-9-36-25(1)29)24-32-28(4-16-45-32)39-12-20-41-19-11-38-26-2-14-43-30(26)22-33/h1-4,13-16H,5-12,17-24H2. The van der Waals surface area contributed by atoms with Gasteiger partial charge in [0.05, 0.1) is 59.1 Å². The Bertz CT molecular complexity index is 1220. The lowest BCUT2D eigenvalue weighted by Crippen LogP contribution is -2.30. The second-order valence-corrected chi connectivity index (χ2v) is 16.9. The van der Waals surface area contributed by atoms with Gasteiger partial charge < -0.3 is 23.7 Å². The van der Waals surface area contributed by atoms with Crippen molar-refractivity contribution in [2.24, 2.45) is 0 Å². The molecular weight excluding hydrogens is 685 g/mol. The summed E-state index contributed by atoms with van der Waals surface area (Å²) in [6, 6.07) is 8.43. The largest absolute Gasteiger partial charge is 0.492 e. The van der Waals surface area contributed by atoms with Crippen LogP contribution in [0.3, 0.4) is 0 Å². The highest BCUT2D eigenvalue weighted by Crippen LogP contribution is 2.32. The first-order chi connectivity index (χ1) is 22.3. The Morgan fingerprint density at radius 1 is 0.422 bits per heavy atom. The molecule has 0 atom stereocenters. The molecule has 13 heteroatoms. The van der Waals surface area contributed by atoms with Crippen LogP contribution in [-0.4, -0.2) is 85.5 Å². The smallest absolute Gasteiger partial charge is 0.134 e. The summed E-state index contributed by atoms with van der Waals surface area (Å²) in [5.74, 6) is 7.70. The molecule has 0 aromatic carbocycles. The van der Waals surface area contributed by atoms with Crippen LogP contribution in [0.2, 0.25) is 0 Å². The van der Waals surface area contributed by atoms with E-state index in [0.717, 1.165) is 85.3 Å². The van der Waals surface area contributed by atoms with Crippen LogP contribution >= 0.6 is 68.9 Å². The monoisotopic (exact) mass is 724 g/mol. The van der Waals surface area contributed by atoms with Crippen molar-refractivity contribution in [1.29, 1.82) is 0 Å². The molecule has 7 nitrogen and oxygen atoms in total. The van der Waals surface area contributed by atoms with E-state index in [1.807, 2.05) is 23.5 Å². The quantitative estimate of drug-likeness (QED) is 0.170. The maximum Gasteiger partial charge on any atom is 0.134 e. The number of thiophene rings is 4. The molecule has 244 valence electrons. The van der Waals surface area contributed by atoms with Gasteiger partial charge in [-0.2, -0.15) is 23.5 Å². The molecule has 0 aliphatic carbocycles. The molecule has 0 saturated carbocycles. The lowest BCUT2D eigenvalue weighted by atomic mass is 10.3. The molecule has 0 spiro atoms. The van der Waals surface area contributed by atoms with Crippen molar-refractivity contribution >= 4 is 68.9 Å². The number of nitrogens with zero attached hydrogens (tertiary/aromatic N) is 2. The van der Waals surface area contributed by atoms with Crippen LogP contribution in [0.25, 0.3) is 0 Å². The fraction of sp³-hybridized carbons (Fsp3) is 0.500. The lowest BCUT2D eigenvalue weighted by Gasteiger charge is -2.24. The van der Waals surface area contributed by atoms with Crippen LogP contribution in [0, 0.1) is 0 Å². The van der Waals surface area contributed by atoms with Crippen molar-refractivity contribution in [3.05, 3.63) is 65.3 Å². The molecule has 45 heavy (non-hydrogen) atoms. The first-order valence-corrected chi connectivity index (χ1v) is 21.1. The van der Waals surface area contributed by atoms with Gasteiger partial charge >= 0.3 is 0 Å². The summed E-state index contributed by atoms with van der Waals surface area (Å²) in [7, 11) is 0. The predicted molar refractivity (Wildman–Crippen MR) is 193 cm³/mol. The molecular formula is C32H40N2O5S6. The van der Waals surface area contributed by atoms with Crippen LogP contribution in [0.5, 0.6) is 23.0 Å². The number of fused-ring (bicyclic) bond motifs is 10. The number of rotatable bonds is 0. The van der Waals surface area contributed by atoms with Crippen molar-refractivity contribution in [1.82, 2.24) is 9.80 Å². The minimum absolute atomic E-state index is 0.658. The number of hydrogen-bond acceptors (Lipinski definition) is 13. The normalized spacial score (nSPS) is 21.7. The highest BCUT2D eigenvalue weighted by molar-refractivity contribution is 7.99. The molecule has 4 aromatic rings. The van der Waals surface area contributed by atoms with Crippen LogP contribution < -0.4 is 18.9 Å². The second-order valence-electron chi connectivity index (χ2n) is 10.5. The van der Waals surface area contributed by atoms with Gasteiger partial charge in [0, 0.05) is 62.3 Å². The molecule has 0 radical (unpaired) electrons. The topological polar surface area (TPSA) is 52.6 Å². The zero-order valence-electron chi connectivity index (χ0n) is 25.3. The van der Waals surface area contributed by atoms with Crippen LogP contribution in [0.1, 0.15) is 19.5 Å². The summed E-state index contributed by atoms with van der Waals surface area (Å²) in [5.41, 5.74) is 0. The fourth-order valence-electron chi connectivity index (χ4n) is 5.07. The van der Waals surface area contributed by atoms with Crippen LogP contribution in [0.4, 0.5) is 0 Å². The third-order valence-electron chi connectivity index (χ3n) is 7.33. The van der Waals surface area contributed by atoms with E-state index >= 15 is 0 Å². The Balaban J connectivity index is 1.23. The molecule has 0 N–H and O–H groups in total. The molecule has 4 aromatic heterocycles. The van der Waals surface area contributed by atoms with Gasteiger partial charge in [0.25, 0.3) is 0 Å². The Labute approximate surface area is 290 Å². The number of hydrogen-bond donors (Lipinski definition) is 0. The van der Waals surface area contributed by atoms with E-state index in [9.17, 15) is 0 Å². The van der Waals surface area contributed by atoms with E-state index in [0.29, 0.717) is 39.6 Å². The summed E-state index contributed by atoms with van der Waals surface area (Å²) in [5, 5.41) is 8.55. The van der Waals surface area contributed by atoms with Crippen LogP contribution in [0.15, 0.2) is 45.8 Å². The third kappa shape index (κ3) is 10.3. The minimum atomic E-state index is 0.658. The van der Waals surface area contributed by atoms with Crippen molar-refractivity contribution in [2.45, 2.75) is 26.2 Å². The maximum absolute atomic E-state index is 6.34. The van der Waals surface area contributed by atoms with Gasteiger partial charge in [-0.15, -0.1) is 45.3 Å². The predicted octanol–water partition coefficient (Wildman–Crippen LogP) is 7.66. The number of thioether (sulfide) groups is 2. The van der Waals surface area contributed by atoms with E-state index < -0.39 is 0 Å². The summed E-state index contributed by atoms with van der Waals surface area (Å²) < 4.78 is 31.4. The van der Waals surface area contributed by atoms with E-state index in [4.69, 9.17) is 23.7 Å². The highest BCUT2D eigenvalue weighted by Gasteiger charge is 2.19. The molecule has 0 saturated heterocycles. The van der Waals surface area contributed by atoms with E-state index in [1.54, 1.807) is 45.3 Å². The molecule has 2 aliphatic heterocycles. The summed E-state index contributed by atoms with van der Waals surface area (Å²) >= 11 is 10.8. The SMILES string of the molecule is c1cc2c(s1)CN1CCOCCN(Cc3sccc3OCCSCCO2)Cc2sccc2OCCSCCOc2ccsc2C1. The van der Waals surface area contributed by atoms with Gasteiger partial charge in [-0.25, -0.2) is 0 Å². The van der Waals surface area contributed by atoms with Gasteiger partial charge in [0.1, 0.15) is 23.0 Å². The van der Waals surface area contributed by atoms with Gasteiger partial charge in [0.15, 0.2) is 0 Å². The second kappa shape index (κ2) is 18.2. The Morgan fingerprint density at radius 2 is 0.733 bits per heavy atom. The molecule has 0 amide bonds. The Morgan fingerprint density at radius 3 is 1.04 bits per heavy atom. The average Bonchev–Trinajstić information content (AvgIpc) is 3.85. The first kappa shape index (κ1) is 33.5. The van der Waals surface area contributed by atoms with E-state index in [1.165, 1.54) is 19.5 Å².